The molecule has 122 valence electrons. The monoisotopic (exact) mass is 329 g/mol. The van der Waals surface area contributed by atoms with Crippen LogP contribution in [0.15, 0.2) is 54.6 Å². The van der Waals surface area contributed by atoms with Gasteiger partial charge in [0.15, 0.2) is 0 Å². The van der Waals surface area contributed by atoms with Gasteiger partial charge in [-0.15, -0.1) is 0 Å². The molecule has 0 aliphatic heterocycles. The van der Waals surface area contributed by atoms with Crippen molar-refractivity contribution in [1.29, 1.82) is 0 Å². The van der Waals surface area contributed by atoms with Crippen LogP contribution in [0.3, 0.4) is 0 Å². The van der Waals surface area contributed by atoms with Crippen LogP contribution in [-0.4, -0.2) is 35.2 Å². The predicted molar refractivity (Wildman–Crippen MR) is 97.6 cm³/mol. The standard InChI is InChI=1S/C19H23NO2S/c1-19(22,14-23-2)13-20-18(21)12-15-8-10-17(11-9-15)16-6-4-3-5-7-16/h3-11,22H,12-14H2,1-2H3,(H,20,21). The van der Waals surface area contributed by atoms with Crippen LogP contribution >= 0.6 is 11.8 Å². The van der Waals surface area contributed by atoms with Gasteiger partial charge in [0, 0.05) is 12.3 Å². The van der Waals surface area contributed by atoms with Crippen LogP contribution < -0.4 is 5.32 Å². The van der Waals surface area contributed by atoms with Crippen LogP contribution in [0.1, 0.15) is 12.5 Å². The average Bonchev–Trinajstić information content (AvgIpc) is 2.55. The quantitative estimate of drug-likeness (QED) is 0.820. The zero-order valence-corrected chi connectivity index (χ0v) is 14.4. The molecule has 2 aromatic carbocycles. The molecule has 4 heteroatoms. The van der Waals surface area contributed by atoms with E-state index in [9.17, 15) is 9.90 Å². The Balaban J connectivity index is 1.90. The van der Waals surface area contributed by atoms with E-state index in [1.807, 2.05) is 48.7 Å². The summed E-state index contributed by atoms with van der Waals surface area (Å²) in [6.45, 7) is 2.01. The van der Waals surface area contributed by atoms with E-state index in [1.54, 1.807) is 18.7 Å². The van der Waals surface area contributed by atoms with Crippen molar-refractivity contribution in [2.45, 2.75) is 18.9 Å². The topological polar surface area (TPSA) is 49.3 Å². The molecule has 3 nitrogen and oxygen atoms in total. The summed E-state index contributed by atoms with van der Waals surface area (Å²) in [5.74, 6) is 0.526. The van der Waals surface area contributed by atoms with Crippen LogP contribution in [0.25, 0.3) is 11.1 Å². The molecule has 0 radical (unpaired) electrons. The molecule has 1 atom stereocenters. The second-order valence-electron chi connectivity index (χ2n) is 5.95. The number of benzene rings is 2. The number of carbonyl (C=O) groups is 1. The largest absolute Gasteiger partial charge is 0.387 e. The Kier molecular flexibility index (Phi) is 6.25. The highest BCUT2D eigenvalue weighted by atomic mass is 32.2. The zero-order chi connectivity index (χ0) is 16.7. The highest BCUT2D eigenvalue weighted by Gasteiger charge is 2.20. The van der Waals surface area contributed by atoms with Crippen LogP contribution in [-0.2, 0) is 11.2 Å². The molecule has 0 saturated carbocycles. The van der Waals surface area contributed by atoms with E-state index < -0.39 is 5.60 Å². The van der Waals surface area contributed by atoms with Crippen molar-refractivity contribution >= 4 is 17.7 Å². The van der Waals surface area contributed by atoms with E-state index in [-0.39, 0.29) is 12.5 Å². The molecule has 0 heterocycles. The maximum atomic E-state index is 12.0. The molecular weight excluding hydrogens is 306 g/mol. The van der Waals surface area contributed by atoms with Crippen molar-refractivity contribution in [2.75, 3.05) is 18.6 Å². The zero-order valence-electron chi connectivity index (χ0n) is 13.6. The minimum absolute atomic E-state index is 0.0705. The normalized spacial score (nSPS) is 13.3. The summed E-state index contributed by atoms with van der Waals surface area (Å²) >= 11 is 1.56. The van der Waals surface area contributed by atoms with Crippen molar-refractivity contribution in [3.8, 4) is 11.1 Å². The Hall–Kier alpha value is -1.78. The number of carbonyl (C=O) groups excluding carboxylic acids is 1. The minimum Gasteiger partial charge on any atom is -0.387 e. The van der Waals surface area contributed by atoms with Crippen molar-refractivity contribution in [3.05, 3.63) is 60.2 Å². The molecule has 1 unspecified atom stereocenters. The van der Waals surface area contributed by atoms with E-state index in [2.05, 4.69) is 17.4 Å². The third-order valence-corrected chi connectivity index (χ3v) is 4.46. The molecule has 0 spiro atoms. The van der Waals surface area contributed by atoms with Crippen molar-refractivity contribution in [1.82, 2.24) is 5.32 Å². The first-order chi connectivity index (χ1) is 11.0. The summed E-state index contributed by atoms with van der Waals surface area (Å²) in [5.41, 5.74) is 2.40. The van der Waals surface area contributed by atoms with Crippen LogP contribution in [0.2, 0.25) is 0 Å². The molecule has 1 amide bonds. The van der Waals surface area contributed by atoms with Gasteiger partial charge < -0.3 is 10.4 Å². The minimum atomic E-state index is -0.869. The summed E-state index contributed by atoms with van der Waals surface area (Å²) in [4.78, 5) is 12.0. The van der Waals surface area contributed by atoms with Gasteiger partial charge in [0.25, 0.3) is 0 Å². The summed E-state index contributed by atoms with van der Waals surface area (Å²) in [5, 5.41) is 12.9. The SMILES string of the molecule is CSCC(C)(O)CNC(=O)Cc1ccc(-c2ccccc2)cc1. The Morgan fingerprint density at radius 1 is 1.09 bits per heavy atom. The van der Waals surface area contributed by atoms with E-state index in [0.29, 0.717) is 12.2 Å². The van der Waals surface area contributed by atoms with Gasteiger partial charge in [-0.1, -0.05) is 54.6 Å². The molecule has 0 aliphatic rings. The Labute approximate surface area is 142 Å². The second-order valence-corrected chi connectivity index (χ2v) is 6.81. The first-order valence-corrected chi connectivity index (χ1v) is 9.02. The molecule has 0 aliphatic carbocycles. The van der Waals surface area contributed by atoms with E-state index in [4.69, 9.17) is 0 Å². The maximum absolute atomic E-state index is 12.0. The van der Waals surface area contributed by atoms with E-state index in [1.165, 1.54) is 0 Å². The Morgan fingerprint density at radius 2 is 1.70 bits per heavy atom. The van der Waals surface area contributed by atoms with Gasteiger partial charge in [0.2, 0.25) is 5.91 Å². The third kappa shape index (κ3) is 5.73. The summed E-state index contributed by atoms with van der Waals surface area (Å²) in [6.07, 6.45) is 2.26. The molecule has 2 N–H and O–H groups in total. The number of aliphatic hydroxyl groups is 1. The van der Waals surface area contributed by atoms with Gasteiger partial charge in [0.1, 0.15) is 0 Å². The summed E-state index contributed by atoms with van der Waals surface area (Å²) in [7, 11) is 0. The average molecular weight is 329 g/mol. The molecule has 23 heavy (non-hydrogen) atoms. The molecular formula is C19H23NO2S. The fraction of sp³-hybridized carbons (Fsp3) is 0.316. The van der Waals surface area contributed by atoms with Crippen molar-refractivity contribution in [2.24, 2.45) is 0 Å². The fourth-order valence-electron chi connectivity index (χ4n) is 2.34. The fourth-order valence-corrected chi connectivity index (χ4v) is 3.07. The number of nitrogens with one attached hydrogen (secondary N) is 1. The summed E-state index contributed by atoms with van der Waals surface area (Å²) < 4.78 is 0. The number of rotatable bonds is 7. The molecule has 0 aromatic heterocycles. The lowest BCUT2D eigenvalue weighted by Crippen LogP contribution is -2.42. The second kappa shape index (κ2) is 8.18. The lowest BCUT2D eigenvalue weighted by molar-refractivity contribution is -0.121. The van der Waals surface area contributed by atoms with Crippen LogP contribution in [0.4, 0.5) is 0 Å². The third-order valence-electron chi connectivity index (χ3n) is 3.55. The van der Waals surface area contributed by atoms with Gasteiger partial charge >= 0.3 is 0 Å². The first-order valence-electron chi connectivity index (χ1n) is 7.62. The van der Waals surface area contributed by atoms with Crippen LogP contribution in [0, 0.1) is 0 Å². The number of amides is 1. The molecule has 2 rings (SSSR count). The highest BCUT2D eigenvalue weighted by Crippen LogP contribution is 2.19. The number of hydrogen-bond acceptors (Lipinski definition) is 3. The van der Waals surface area contributed by atoms with Crippen LogP contribution in [0.5, 0.6) is 0 Å². The van der Waals surface area contributed by atoms with Gasteiger partial charge in [-0.05, 0) is 29.9 Å². The highest BCUT2D eigenvalue weighted by molar-refractivity contribution is 7.98. The van der Waals surface area contributed by atoms with Gasteiger partial charge in [0.05, 0.1) is 12.0 Å². The summed E-state index contributed by atoms with van der Waals surface area (Å²) in [6, 6.07) is 18.2. The molecule has 2 aromatic rings. The lowest BCUT2D eigenvalue weighted by atomic mass is 10.0. The number of hydrogen-bond donors (Lipinski definition) is 2. The maximum Gasteiger partial charge on any atom is 0.224 e. The van der Waals surface area contributed by atoms with Gasteiger partial charge in [-0.3, -0.25) is 4.79 Å². The molecule has 0 saturated heterocycles. The smallest absolute Gasteiger partial charge is 0.224 e. The van der Waals surface area contributed by atoms with Gasteiger partial charge in [-0.2, -0.15) is 11.8 Å². The van der Waals surface area contributed by atoms with E-state index in [0.717, 1.165) is 16.7 Å². The lowest BCUT2D eigenvalue weighted by Gasteiger charge is -2.22. The Bertz CT molecular complexity index is 624. The predicted octanol–water partition coefficient (Wildman–Crippen LogP) is 3.13. The first kappa shape index (κ1) is 17.6. The van der Waals surface area contributed by atoms with Crippen molar-refractivity contribution < 1.29 is 9.90 Å². The number of thioether (sulfide) groups is 1. The molecule has 0 bridgehead atoms. The van der Waals surface area contributed by atoms with Crippen molar-refractivity contribution in [3.63, 3.8) is 0 Å². The van der Waals surface area contributed by atoms with Gasteiger partial charge in [-0.25, -0.2) is 0 Å². The van der Waals surface area contributed by atoms with E-state index >= 15 is 0 Å². The Morgan fingerprint density at radius 3 is 2.30 bits per heavy atom. The molecule has 0 fully saturated rings.